The fraction of sp³-hybridized carbons (Fsp3) is 0.391. The maximum atomic E-state index is 13.8. The van der Waals surface area contributed by atoms with Crippen LogP contribution >= 0.6 is 23.2 Å². The fourth-order valence-corrected chi connectivity index (χ4v) is 4.75. The summed E-state index contributed by atoms with van der Waals surface area (Å²) in [6.07, 6.45) is 1.72. The Morgan fingerprint density at radius 2 is 1.69 bits per heavy atom. The van der Waals surface area contributed by atoms with E-state index in [1.807, 2.05) is 6.92 Å². The molecule has 2 aromatic rings. The lowest BCUT2D eigenvalue weighted by Gasteiger charge is -2.33. The van der Waals surface area contributed by atoms with Crippen molar-refractivity contribution in [2.75, 3.05) is 23.7 Å². The van der Waals surface area contributed by atoms with E-state index in [0.717, 1.165) is 18.4 Å². The molecule has 0 heterocycles. The van der Waals surface area contributed by atoms with E-state index in [0.29, 0.717) is 28.9 Å². The molecule has 0 unspecified atom stereocenters. The molecule has 0 aliphatic carbocycles. The van der Waals surface area contributed by atoms with Crippen molar-refractivity contribution in [2.45, 2.75) is 39.3 Å². The molecule has 1 N–H and O–H groups in total. The molecular weight excluding hydrogens is 523 g/mol. The van der Waals surface area contributed by atoms with E-state index in [1.165, 1.54) is 4.90 Å². The first kappa shape index (κ1) is 28.8. The van der Waals surface area contributed by atoms with Crippen LogP contribution in [-0.4, -0.2) is 50.5 Å². The molecular formula is C23H27Cl2F2N3O4S. The van der Waals surface area contributed by atoms with Gasteiger partial charge in [-0.15, -0.1) is 0 Å². The predicted octanol–water partition coefficient (Wildman–Crippen LogP) is 4.37. The molecule has 0 spiro atoms. The van der Waals surface area contributed by atoms with E-state index < -0.39 is 46.1 Å². The molecule has 2 rings (SSSR count). The van der Waals surface area contributed by atoms with E-state index in [4.69, 9.17) is 23.2 Å². The van der Waals surface area contributed by atoms with Crippen molar-refractivity contribution in [3.63, 3.8) is 0 Å². The van der Waals surface area contributed by atoms with Crippen LogP contribution in [0.4, 0.5) is 14.5 Å². The number of nitrogens with one attached hydrogen (secondary N) is 1. The lowest BCUT2D eigenvalue weighted by molar-refractivity contribution is -0.140. The number of benzene rings is 2. The molecule has 12 heteroatoms. The topological polar surface area (TPSA) is 86.8 Å². The Bertz CT molecular complexity index is 1160. The third-order valence-electron chi connectivity index (χ3n) is 5.20. The highest BCUT2D eigenvalue weighted by Gasteiger charge is 2.32. The van der Waals surface area contributed by atoms with Crippen molar-refractivity contribution in [3.8, 4) is 0 Å². The van der Waals surface area contributed by atoms with Gasteiger partial charge in [0.15, 0.2) is 11.6 Å². The summed E-state index contributed by atoms with van der Waals surface area (Å²) in [4.78, 5) is 27.6. The van der Waals surface area contributed by atoms with E-state index in [1.54, 1.807) is 25.1 Å². The molecule has 35 heavy (non-hydrogen) atoms. The minimum absolute atomic E-state index is 0.176. The second kappa shape index (κ2) is 12.5. The van der Waals surface area contributed by atoms with Crippen LogP contribution in [0.15, 0.2) is 36.4 Å². The molecule has 0 bridgehead atoms. The molecule has 0 aliphatic rings. The van der Waals surface area contributed by atoms with Gasteiger partial charge in [-0.05, 0) is 37.1 Å². The van der Waals surface area contributed by atoms with Gasteiger partial charge >= 0.3 is 0 Å². The molecule has 2 aromatic carbocycles. The number of anilines is 1. The smallest absolute Gasteiger partial charge is 0.244 e. The Labute approximate surface area is 214 Å². The van der Waals surface area contributed by atoms with Gasteiger partial charge in [-0.25, -0.2) is 17.2 Å². The van der Waals surface area contributed by atoms with E-state index in [9.17, 15) is 26.8 Å². The summed E-state index contributed by atoms with van der Waals surface area (Å²) < 4.78 is 52.9. The van der Waals surface area contributed by atoms with Crippen molar-refractivity contribution >= 4 is 50.7 Å². The highest BCUT2D eigenvalue weighted by atomic mass is 35.5. The average molecular weight is 550 g/mol. The van der Waals surface area contributed by atoms with Gasteiger partial charge in [0.1, 0.15) is 12.6 Å². The van der Waals surface area contributed by atoms with E-state index in [2.05, 4.69) is 5.32 Å². The van der Waals surface area contributed by atoms with Crippen LogP contribution in [0.3, 0.4) is 0 Å². The van der Waals surface area contributed by atoms with Crippen LogP contribution in [-0.2, 0) is 26.2 Å². The number of carbonyl (C=O) groups excluding carboxylic acids is 2. The second-order valence-corrected chi connectivity index (χ2v) is 10.5. The van der Waals surface area contributed by atoms with Crippen molar-refractivity contribution in [1.29, 1.82) is 0 Å². The molecule has 0 aromatic heterocycles. The third-order valence-corrected chi connectivity index (χ3v) is 7.04. The van der Waals surface area contributed by atoms with E-state index in [-0.39, 0.29) is 28.7 Å². The molecule has 0 saturated heterocycles. The van der Waals surface area contributed by atoms with Crippen LogP contribution in [0, 0.1) is 11.6 Å². The first-order valence-electron chi connectivity index (χ1n) is 10.8. The Morgan fingerprint density at radius 3 is 2.20 bits per heavy atom. The average Bonchev–Trinajstić information content (AvgIpc) is 2.78. The minimum atomic E-state index is -4.09. The zero-order valence-electron chi connectivity index (χ0n) is 19.5. The minimum Gasteiger partial charge on any atom is -0.354 e. The molecule has 0 fully saturated rings. The Morgan fingerprint density at radius 1 is 1.06 bits per heavy atom. The number of hydrogen-bond donors (Lipinski definition) is 1. The first-order chi connectivity index (χ1) is 16.4. The number of rotatable bonds is 11. The zero-order valence-corrected chi connectivity index (χ0v) is 21.9. The molecule has 192 valence electrons. The van der Waals surface area contributed by atoms with Crippen molar-refractivity contribution in [1.82, 2.24) is 10.2 Å². The fourth-order valence-electron chi connectivity index (χ4n) is 3.39. The maximum Gasteiger partial charge on any atom is 0.244 e. The monoisotopic (exact) mass is 549 g/mol. The summed E-state index contributed by atoms with van der Waals surface area (Å²) in [5, 5.41) is 3.27. The number of amides is 2. The van der Waals surface area contributed by atoms with Gasteiger partial charge in [0.2, 0.25) is 21.8 Å². The quantitative estimate of drug-likeness (QED) is 0.450. The molecule has 1 atom stereocenters. The highest BCUT2D eigenvalue weighted by Crippen LogP contribution is 2.28. The lowest BCUT2D eigenvalue weighted by atomic mass is 10.1. The molecule has 2 amide bonds. The number of carbonyl (C=O) groups is 2. The van der Waals surface area contributed by atoms with Crippen molar-refractivity contribution in [3.05, 3.63) is 63.6 Å². The number of halogens is 4. The third kappa shape index (κ3) is 7.52. The highest BCUT2D eigenvalue weighted by molar-refractivity contribution is 7.92. The summed E-state index contributed by atoms with van der Waals surface area (Å²) in [5.41, 5.74) is 0.142. The molecule has 0 radical (unpaired) electrons. The van der Waals surface area contributed by atoms with Crippen LogP contribution < -0.4 is 9.62 Å². The predicted molar refractivity (Wildman–Crippen MR) is 133 cm³/mol. The molecule has 0 saturated carbocycles. The zero-order chi connectivity index (χ0) is 26.3. The Kier molecular flexibility index (Phi) is 10.3. The van der Waals surface area contributed by atoms with Gasteiger partial charge in [0, 0.05) is 34.8 Å². The Balaban J connectivity index is 2.50. The summed E-state index contributed by atoms with van der Waals surface area (Å²) in [6.45, 7) is 3.02. The van der Waals surface area contributed by atoms with Crippen molar-refractivity contribution < 1.29 is 26.8 Å². The largest absolute Gasteiger partial charge is 0.354 e. The van der Waals surface area contributed by atoms with Gasteiger partial charge in [0.05, 0.1) is 11.9 Å². The second-order valence-electron chi connectivity index (χ2n) is 7.80. The normalized spacial score (nSPS) is 12.2. The Hall–Kier alpha value is -2.43. The summed E-state index contributed by atoms with van der Waals surface area (Å²) in [6, 6.07) is 6.31. The lowest BCUT2D eigenvalue weighted by Crippen LogP contribution is -2.52. The van der Waals surface area contributed by atoms with Gasteiger partial charge in [-0.2, -0.15) is 0 Å². The summed E-state index contributed by atoms with van der Waals surface area (Å²) in [7, 11) is -4.09. The standard InChI is InChI=1S/C23H27Cl2F2N3O4S/c1-4-11-28-23(32)21(5-2)29(13-16-17(24)7-6-8-18(16)25)22(31)14-30(35(3,33)34)15-9-10-19(26)20(27)12-15/h6-10,12,21H,4-5,11,13-14H2,1-3H3,(H,28,32)/t21-/m0/s1. The number of hydrogen-bond acceptors (Lipinski definition) is 4. The van der Waals surface area contributed by atoms with Crippen LogP contribution in [0.2, 0.25) is 10.0 Å². The van der Waals surface area contributed by atoms with Gasteiger partial charge in [-0.3, -0.25) is 13.9 Å². The summed E-state index contributed by atoms with van der Waals surface area (Å²) in [5.74, 6) is -3.62. The van der Waals surface area contributed by atoms with Gasteiger partial charge < -0.3 is 10.2 Å². The number of nitrogens with zero attached hydrogens (tertiary/aromatic N) is 2. The van der Waals surface area contributed by atoms with Crippen LogP contribution in [0.5, 0.6) is 0 Å². The van der Waals surface area contributed by atoms with Gasteiger partial charge in [-0.1, -0.05) is 43.1 Å². The summed E-state index contributed by atoms with van der Waals surface area (Å²) >= 11 is 12.6. The SMILES string of the molecule is CCCNC(=O)[C@H](CC)N(Cc1c(Cl)cccc1Cl)C(=O)CN(c1ccc(F)c(F)c1)S(C)(=O)=O. The van der Waals surface area contributed by atoms with Gasteiger partial charge in [0.25, 0.3) is 0 Å². The van der Waals surface area contributed by atoms with Crippen molar-refractivity contribution in [2.24, 2.45) is 0 Å². The number of sulfonamides is 1. The van der Waals surface area contributed by atoms with Crippen LogP contribution in [0.25, 0.3) is 0 Å². The molecule has 0 aliphatic heterocycles. The maximum absolute atomic E-state index is 13.8. The first-order valence-corrected chi connectivity index (χ1v) is 13.4. The van der Waals surface area contributed by atoms with E-state index >= 15 is 0 Å². The van der Waals surface area contributed by atoms with Crippen LogP contribution in [0.1, 0.15) is 32.3 Å². The molecule has 7 nitrogen and oxygen atoms in total.